The van der Waals surface area contributed by atoms with Gasteiger partial charge >= 0.3 is 5.97 Å². The zero-order chi connectivity index (χ0) is 12.8. The van der Waals surface area contributed by atoms with Gasteiger partial charge in [0.1, 0.15) is 16.7 Å². The standard InChI is InChI=1S/C11H17N3O2S/c1-7-10(12-3)13-8(2)14-11(7)17-6-5-9(15)16-4/h5-6H2,1-4H3,(H,12,13,14). The molecule has 0 unspecified atom stereocenters. The number of esters is 1. The van der Waals surface area contributed by atoms with E-state index >= 15 is 0 Å². The molecule has 17 heavy (non-hydrogen) atoms. The van der Waals surface area contributed by atoms with Crippen LogP contribution in [0.5, 0.6) is 0 Å². The molecule has 1 aromatic heterocycles. The molecule has 1 rings (SSSR count). The summed E-state index contributed by atoms with van der Waals surface area (Å²) in [5.41, 5.74) is 1.01. The molecule has 1 N–H and O–H groups in total. The molecular formula is C11H17N3O2S. The van der Waals surface area contributed by atoms with Gasteiger partial charge in [-0.2, -0.15) is 0 Å². The first kappa shape index (κ1) is 13.8. The van der Waals surface area contributed by atoms with Crippen molar-refractivity contribution in [2.75, 3.05) is 25.2 Å². The van der Waals surface area contributed by atoms with E-state index < -0.39 is 0 Å². The Morgan fingerprint density at radius 2 is 2.12 bits per heavy atom. The predicted octanol–water partition coefficient (Wildman–Crippen LogP) is 1.79. The van der Waals surface area contributed by atoms with Crippen molar-refractivity contribution in [1.82, 2.24) is 9.97 Å². The zero-order valence-corrected chi connectivity index (χ0v) is 11.3. The quantitative estimate of drug-likeness (QED) is 0.491. The number of nitrogens with zero attached hydrogens (tertiary/aromatic N) is 2. The Balaban J connectivity index is 2.70. The van der Waals surface area contributed by atoms with Crippen molar-refractivity contribution in [2.45, 2.75) is 25.3 Å². The molecule has 0 fully saturated rings. The summed E-state index contributed by atoms with van der Waals surface area (Å²) in [6.07, 6.45) is 0.387. The largest absolute Gasteiger partial charge is 0.469 e. The highest BCUT2D eigenvalue weighted by Crippen LogP contribution is 2.25. The molecule has 0 radical (unpaired) electrons. The maximum Gasteiger partial charge on any atom is 0.306 e. The molecule has 0 spiro atoms. The number of methoxy groups -OCH3 is 1. The number of ether oxygens (including phenoxy) is 1. The monoisotopic (exact) mass is 255 g/mol. The van der Waals surface area contributed by atoms with E-state index in [0.29, 0.717) is 12.2 Å². The second-order valence-electron chi connectivity index (χ2n) is 3.47. The lowest BCUT2D eigenvalue weighted by Crippen LogP contribution is -2.04. The minimum absolute atomic E-state index is 0.199. The van der Waals surface area contributed by atoms with Gasteiger partial charge < -0.3 is 10.1 Å². The molecule has 1 heterocycles. The number of carbonyl (C=O) groups excluding carboxylic acids is 1. The van der Waals surface area contributed by atoms with Crippen LogP contribution in [0.15, 0.2) is 5.03 Å². The van der Waals surface area contributed by atoms with E-state index in [2.05, 4.69) is 20.0 Å². The summed E-state index contributed by atoms with van der Waals surface area (Å²) < 4.78 is 4.59. The van der Waals surface area contributed by atoms with Gasteiger partial charge in [-0.1, -0.05) is 0 Å². The van der Waals surface area contributed by atoms with Crippen molar-refractivity contribution in [3.05, 3.63) is 11.4 Å². The summed E-state index contributed by atoms with van der Waals surface area (Å²) in [5.74, 6) is 2.01. The van der Waals surface area contributed by atoms with E-state index in [1.165, 1.54) is 7.11 Å². The van der Waals surface area contributed by atoms with E-state index in [1.807, 2.05) is 20.9 Å². The van der Waals surface area contributed by atoms with E-state index in [9.17, 15) is 4.79 Å². The lowest BCUT2D eigenvalue weighted by Gasteiger charge is -2.09. The molecule has 6 heteroatoms. The van der Waals surface area contributed by atoms with Crippen LogP contribution in [0.4, 0.5) is 5.82 Å². The van der Waals surface area contributed by atoms with Crippen LogP contribution in [-0.2, 0) is 9.53 Å². The molecule has 0 aliphatic carbocycles. The predicted molar refractivity (Wildman–Crippen MR) is 68.4 cm³/mol. The minimum atomic E-state index is -0.199. The van der Waals surface area contributed by atoms with Crippen LogP contribution < -0.4 is 5.32 Å². The highest BCUT2D eigenvalue weighted by Gasteiger charge is 2.09. The van der Waals surface area contributed by atoms with Crippen LogP contribution in [0.1, 0.15) is 17.8 Å². The van der Waals surface area contributed by atoms with Gasteiger partial charge in [0.05, 0.1) is 13.5 Å². The van der Waals surface area contributed by atoms with Gasteiger partial charge in [0.2, 0.25) is 0 Å². The molecule has 0 aliphatic heterocycles. The number of aryl methyl sites for hydroxylation is 1. The SMILES string of the molecule is CNc1nc(C)nc(SCCC(=O)OC)c1C. The first-order valence-electron chi connectivity index (χ1n) is 5.31. The Hall–Kier alpha value is -1.30. The Bertz CT molecular complexity index is 410. The van der Waals surface area contributed by atoms with Gasteiger partial charge in [-0.3, -0.25) is 4.79 Å². The molecule has 0 aliphatic rings. The normalized spacial score (nSPS) is 10.1. The summed E-state index contributed by atoms with van der Waals surface area (Å²) in [5, 5.41) is 3.94. The molecule has 0 aromatic carbocycles. The molecular weight excluding hydrogens is 238 g/mol. The van der Waals surface area contributed by atoms with Gasteiger partial charge in [-0.25, -0.2) is 9.97 Å². The molecule has 5 nitrogen and oxygen atoms in total. The van der Waals surface area contributed by atoms with Gasteiger partial charge in [0, 0.05) is 18.4 Å². The van der Waals surface area contributed by atoms with Gasteiger partial charge in [0.25, 0.3) is 0 Å². The average Bonchev–Trinajstić information content (AvgIpc) is 2.32. The van der Waals surface area contributed by atoms with Gasteiger partial charge in [-0.05, 0) is 13.8 Å². The third-order valence-electron chi connectivity index (χ3n) is 2.22. The van der Waals surface area contributed by atoms with Crippen molar-refractivity contribution in [3.63, 3.8) is 0 Å². The van der Waals surface area contributed by atoms with E-state index in [4.69, 9.17) is 0 Å². The first-order chi connectivity index (χ1) is 8.08. The fourth-order valence-corrected chi connectivity index (χ4v) is 2.29. The topological polar surface area (TPSA) is 64.1 Å². The number of hydrogen-bond acceptors (Lipinski definition) is 6. The van der Waals surface area contributed by atoms with Crippen LogP contribution >= 0.6 is 11.8 Å². The highest BCUT2D eigenvalue weighted by atomic mass is 32.2. The number of rotatable bonds is 5. The Labute approximate surface area is 105 Å². The Morgan fingerprint density at radius 1 is 1.41 bits per heavy atom. The van der Waals surface area contributed by atoms with Gasteiger partial charge in [0.15, 0.2) is 0 Å². The molecule has 1 aromatic rings. The number of aromatic nitrogens is 2. The number of nitrogens with one attached hydrogen (secondary N) is 1. The second-order valence-corrected chi connectivity index (χ2v) is 4.56. The zero-order valence-electron chi connectivity index (χ0n) is 10.5. The number of carbonyl (C=O) groups is 1. The van der Waals surface area contributed by atoms with Crippen LogP contribution in [-0.4, -0.2) is 35.8 Å². The third kappa shape index (κ3) is 3.89. The second kappa shape index (κ2) is 6.44. The summed E-state index contributed by atoms with van der Waals surface area (Å²) in [6, 6.07) is 0. The molecule has 0 amide bonds. The number of anilines is 1. The highest BCUT2D eigenvalue weighted by molar-refractivity contribution is 7.99. The maximum absolute atomic E-state index is 11.0. The van der Waals surface area contributed by atoms with Crippen molar-refractivity contribution in [3.8, 4) is 0 Å². The van der Waals surface area contributed by atoms with Crippen molar-refractivity contribution < 1.29 is 9.53 Å². The summed E-state index contributed by atoms with van der Waals surface area (Å²) in [4.78, 5) is 19.6. The molecule has 0 atom stereocenters. The van der Waals surface area contributed by atoms with E-state index in [-0.39, 0.29) is 5.97 Å². The lowest BCUT2D eigenvalue weighted by molar-refractivity contribution is -0.140. The molecule has 0 bridgehead atoms. The van der Waals surface area contributed by atoms with Crippen molar-refractivity contribution >= 4 is 23.5 Å². The third-order valence-corrected chi connectivity index (χ3v) is 3.30. The molecule has 0 saturated carbocycles. The molecule has 0 saturated heterocycles. The average molecular weight is 255 g/mol. The van der Waals surface area contributed by atoms with Crippen LogP contribution in [0, 0.1) is 13.8 Å². The summed E-state index contributed by atoms with van der Waals surface area (Å²) in [7, 11) is 3.23. The van der Waals surface area contributed by atoms with E-state index in [1.54, 1.807) is 11.8 Å². The van der Waals surface area contributed by atoms with E-state index in [0.717, 1.165) is 22.2 Å². The minimum Gasteiger partial charge on any atom is -0.469 e. The van der Waals surface area contributed by atoms with Crippen molar-refractivity contribution in [2.24, 2.45) is 0 Å². The smallest absolute Gasteiger partial charge is 0.306 e. The Kier molecular flexibility index (Phi) is 5.21. The maximum atomic E-state index is 11.0. The van der Waals surface area contributed by atoms with Crippen LogP contribution in [0.3, 0.4) is 0 Å². The van der Waals surface area contributed by atoms with Crippen molar-refractivity contribution in [1.29, 1.82) is 0 Å². The van der Waals surface area contributed by atoms with Gasteiger partial charge in [-0.15, -0.1) is 11.8 Å². The summed E-state index contributed by atoms with van der Waals surface area (Å²) in [6.45, 7) is 3.82. The lowest BCUT2D eigenvalue weighted by atomic mass is 10.3. The first-order valence-corrected chi connectivity index (χ1v) is 6.29. The fraction of sp³-hybridized carbons (Fsp3) is 0.545. The Morgan fingerprint density at radius 3 is 2.71 bits per heavy atom. The molecule has 94 valence electrons. The summed E-state index contributed by atoms with van der Waals surface area (Å²) >= 11 is 1.54. The fourth-order valence-electron chi connectivity index (χ4n) is 1.32. The number of thioether (sulfide) groups is 1. The van der Waals surface area contributed by atoms with Crippen LogP contribution in [0.2, 0.25) is 0 Å². The van der Waals surface area contributed by atoms with Crippen LogP contribution in [0.25, 0.3) is 0 Å². The number of hydrogen-bond donors (Lipinski definition) is 1.